The van der Waals surface area contributed by atoms with Crippen molar-refractivity contribution in [3.63, 3.8) is 0 Å². The van der Waals surface area contributed by atoms with Crippen molar-refractivity contribution in [1.29, 1.82) is 0 Å². The van der Waals surface area contributed by atoms with E-state index in [-0.39, 0.29) is 16.2 Å². The number of hydrogen-bond donors (Lipinski definition) is 1. The SMILES string of the molecule is COc1ccc(C(=O)OCC(=O)c2cc(C)n(-c3ccc(S(N)(=O)=O)cc3)c2C)cc1OC. The summed E-state index contributed by atoms with van der Waals surface area (Å²) >= 11 is 0. The summed E-state index contributed by atoms with van der Waals surface area (Å²) in [7, 11) is -0.865. The summed E-state index contributed by atoms with van der Waals surface area (Å²) in [5.74, 6) is -0.203. The number of primary sulfonamides is 1. The first kappa shape index (κ1) is 24.0. The average molecular weight is 473 g/mol. The van der Waals surface area contributed by atoms with Crippen LogP contribution in [0, 0.1) is 13.8 Å². The third-order valence-corrected chi connectivity index (χ3v) is 6.04. The van der Waals surface area contributed by atoms with Gasteiger partial charge in [0.15, 0.2) is 18.1 Å². The second-order valence-electron chi connectivity index (χ2n) is 7.23. The van der Waals surface area contributed by atoms with Crippen molar-refractivity contribution < 1.29 is 32.2 Å². The van der Waals surface area contributed by atoms with Crippen molar-refractivity contribution in [3.05, 3.63) is 71.0 Å². The van der Waals surface area contributed by atoms with Crippen LogP contribution in [0.15, 0.2) is 53.4 Å². The van der Waals surface area contributed by atoms with Gasteiger partial charge >= 0.3 is 5.97 Å². The maximum atomic E-state index is 12.8. The largest absolute Gasteiger partial charge is 0.493 e. The smallest absolute Gasteiger partial charge is 0.338 e. The fourth-order valence-electron chi connectivity index (χ4n) is 3.48. The number of Topliss-reactive ketones (excluding diaryl/α,β-unsaturated/α-hetero) is 1. The lowest BCUT2D eigenvalue weighted by Gasteiger charge is -2.11. The van der Waals surface area contributed by atoms with Gasteiger partial charge in [0.2, 0.25) is 15.8 Å². The molecule has 0 unspecified atom stereocenters. The Balaban J connectivity index is 1.77. The van der Waals surface area contributed by atoms with E-state index in [0.717, 1.165) is 5.69 Å². The van der Waals surface area contributed by atoms with Crippen LogP contribution in [0.3, 0.4) is 0 Å². The molecule has 1 heterocycles. The minimum absolute atomic E-state index is 0.00733. The van der Waals surface area contributed by atoms with Gasteiger partial charge in [-0.3, -0.25) is 4.79 Å². The number of ketones is 1. The van der Waals surface area contributed by atoms with E-state index in [1.54, 1.807) is 35.8 Å². The van der Waals surface area contributed by atoms with Gasteiger partial charge in [-0.2, -0.15) is 0 Å². The molecule has 0 aliphatic carbocycles. The normalized spacial score (nSPS) is 11.2. The van der Waals surface area contributed by atoms with Crippen molar-refractivity contribution in [1.82, 2.24) is 4.57 Å². The fourth-order valence-corrected chi connectivity index (χ4v) is 4.00. The number of esters is 1. The molecular formula is C23H24N2O7S. The Hall–Kier alpha value is -3.63. The molecule has 3 aromatic rings. The first-order valence-corrected chi connectivity index (χ1v) is 11.4. The zero-order valence-corrected chi connectivity index (χ0v) is 19.4. The number of nitrogens with two attached hydrogens (primary N) is 1. The number of nitrogens with zero attached hydrogens (tertiary/aromatic N) is 1. The molecule has 1 aromatic heterocycles. The summed E-state index contributed by atoms with van der Waals surface area (Å²) in [6.45, 7) is 3.12. The van der Waals surface area contributed by atoms with Crippen molar-refractivity contribution >= 4 is 21.8 Å². The molecule has 174 valence electrons. The number of sulfonamides is 1. The molecule has 0 saturated heterocycles. The second kappa shape index (κ2) is 9.47. The van der Waals surface area contributed by atoms with E-state index in [4.69, 9.17) is 19.3 Å². The molecule has 0 bridgehead atoms. The molecule has 0 atom stereocenters. The van der Waals surface area contributed by atoms with Gasteiger partial charge < -0.3 is 18.8 Å². The number of ether oxygens (including phenoxy) is 3. The molecule has 2 aromatic carbocycles. The predicted molar refractivity (Wildman–Crippen MR) is 121 cm³/mol. The molecule has 0 fully saturated rings. The van der Waals surface area contributed by atoms with E-state index in [9.17, 15) is 18.0 Å². The Morgan fingerprint density at radius 1 is 0.939 bits per heavy atom. The number of methoxy groups -OCH3 is 2. The van der Waals surface area contributed by atoms with Crippen LogP contribution in [-0.4, -0.2) is 45.6 Å². The van der Waals surface area contributed by atoms with Gasteiger partial charge in [0.25, 0.3) is 0 Å². The summed E-state index contributed by atoms with van der Waals surface area (Å²) in [5.41, 5.74) is 2.66. The summed E-state index contributed by atoms with van der Waals surface area (Å²) < 4.78 is 40.3. The number of hydrogen-bond acceptors (Lipinski definition) is 7. The summed E-state index contributed by atoms with van der Waals surface area (Å²) in [6, 6.07) is 12.3. The van der Waals surface area contributed by atoms with Crippen molar-refractivity contribution in [2.24, 2.45) is 5.14 Å². The van der Waals surface area contributed by atoms with Gasteiger partial charge in [-0.1, -0.05) is 0 Å². The molecular weight excluding hydrogens is 448 g/mol. The molecule has 0 aliphatic heterocycles. The lowest BCUT2D eigenvalue weighted by atomic mass is 10.1. The van der Waals surface area contributed by atoms with Crippen LogP contribution in [0.25, 0.3) is 5.69 Å². The predicted octanol–water partition coefficient (Wildman–Crippen LogP) is 2.80. The molecule has 0 saturated carbocycles. The molecule has 0 spiro atoms. The van der Waals surface area contributed by atoms with Gasteiger partial charge in [-0.25, -0.2) is 18.4 Å². The molecule has 33 heavy (non-hydrogen) atoms. The Bertz CT molecular complexity index is 1310. The lowest BCUT2D eigenvalue weighted by Crippen LogP contribution is -2.15. The Morgan fingerprint density at radius 3 is 2.15 bits per heavy atom. The number of carbonyl (C=O) groups is 2. The number of rotatable bonds is 8. The average Bonchev–Trinajstić information content (AvgIpc) is 3.10. The fraction of sp³-hybridized carbons (Fsp3) is 0.217. The molecule has 9 nitrogen and oxygen atoms in total. The van der Waals surface area contributed by atoms with Gasteiger partial charge in [0.1, 0.15) is 0 Å². The van der Waals surface area contributed by atoms with Crippen molar-refractivity contribution in [2.75, 3.05) is 20.8 Å². The van der Waals surface area contributed by atoms with Crippen molar-refractivity contribution in [3.8, 4) is 17.2 Å². The van der Waals surface area contributed by atoms with Crippen LogP contribution in [0.5, 0.6) is 11.5 Å². The molecule has 0 radical (unpaired) electrons. The first-order chi connectivity index (χ1) is 15.6. The highest BCUT2D eigenvalue weighted by atomic mass is 32.2. The molecule has 0 aliphatic rings. The van der Waals surface area contributed by atoms with Gasteiger partial charge in [-0.15, -0.1) is 0 Å². The molecule has 10 heteroatoms. The van der Waals surface area contributed by atoms with Crippen LogP contribution in [0.1, 0.15) is 32.1 Å². The summed E-state index contributed by atoms with van der Waals surface area (Å²) in [6.07, 6.45) is 0. The van der Waals surface area contributed by atoms with E-state index < -0.39 is 22.6 Å². The van der Waals surface area contributed by atoms with Gasteiger partial charge in [-0.05, 0) is 62.4 Å². The third kappa shape index (κ3) is 5.07. The topological polar surface area (TPSA) is 127 Å². The van der Waals surface area contributed by atoms with Crippen LogP contribution in [0.4, 0.5) is 0 Å². The first-order valence-electron chi connectivity index (χ1n) is 9.81. The molecule has 0 amide bonds. The standard InChI is InChI=1S/C23H24N2O7S/c1-14-11-19(15(2)25(14)17-6-8-18(9-7-17)33(24,28)29)20(26)13-32-23(27)16-5-10-21(30-3)22(12-16)31-4/h5-12H,13H2,1-4H3,(H2,24,28,29). The van der Waals surface area contributed by atoms with Crippen LogP contribution < -0.4 is 14.6 Å². The van der Waals surface area contributed by atoms with E-state index in [2.05, 4.69) is 0 Å². The quantitative estimate of drug-likeness (QED) is 0.394. The lowest BCUT2D eigenvalue weighted by molar-refractivity contribution is 0.0474. The zero-order chi connectivity index (χ0) is 24.3. The molecule has 3 rings (SSSR count). The van der Waals surface area contributed by atoms with E-state index >= 15 is 0 Å². The summed E-state index contributed by atoms with van der Waals surface area (Å²) in [5, 5.41) is 5.15. The van der Waals surface area contributed by atoms with Crippen LogP contribution >= 0.6 is 0 Å². The number of aryl methyl sites for hydroxylation is 1. The highest BCUT2D eigenvalue weighted by Crippen LogP contribution is 2.28. The number of carbonyl (C=O) groups excluding carboxylic acids is 2. The Morgan fingerprint density at radius 2 is 1.58 bits per heavy atom. The van der Waals surface area contributed by atoms with Crippen LogP contribution in [-0.2, 0) is 14.8 Å². The van der Waals surface area contributed by atoms with Crippen LogP contribution in [0.2, 0.25) is 0 Å². The zero-order valence-electron chi connectivity index (χ0n) is 18.6. The highest BCUT2D eigenvalue weighted by Gasteiger charge is 2.20. The minimum atomic E-state index is -3.80. The van der Waals surface area contributed by atoms with Gasteiger partial charge in [0.05, 0.1) is 24.7 Å². The monoisotopic (exact) mass is 472 g/mol. The minimum Gasteiger partial charge on any atom is -0.493 e. The number of benzene rings is 2. The van der Waals surface area contributed by atoms with E-state index in [0.29, 0.717) is 28.4 Å². The van der Waals surface area contributed by atoms with Gasteiger partial charge in [0, 0.05) is 22.6 Å². The summed E-state index contributed by atoms with van der Waals surface area (Å²) in [4.78, 5) is 25.2. The van der Waals surface area contributed by atoms with Crippen molar-refractivity contribution in [2.45, 2.75) is 18.7 Å². The molecule has 2 N–H and O–H groups in total. The van der Waals surface area contributed by atoms with E-state index in [1.165, 1.54) is 38.5 Å². The Kier molecular flexibility index (Phi) is 6.89. The number of aromatic nitrogens is 1. The second-order valence-corrected chi connectivity index (χ2v) is 8.79. The van der Waals surface area contributed by atoms with E-state index in [1.807, 2.05) is 6.92 Å². The highest BCUT2D eigenvalue weighted by molar-refractivity contribution is 7.89. The third-order valence-electron chi connectivity index (χ3n) is 5.11. The maximum Gasteiger partial charge on any atom is 0.338 e. The Labute approximate surface area is 191 Å². The maximum absolute atomic E-state index is 12.8.